The normalized spacial score (nSPS) is 10.0. The molecule has 7 heteroatoms. The minimum Gasteiger partial charge on any atom is -0.387 e. The van der Waals surface area contributed by atoms with Gasteiger partial charge in [0.1, 0.15) is 5.82 Å². The molecule has 0 aliphatic rings. The van der Waals surface area contributed by atoms with Gasteiger partial charge in [0.05, 0.1) is 10.5 Å². The van der Waals surface area contributed by atoms with Gasteiger partial charge in [-0.3, -0.25) is 14.9 Å². The number of nitro groups is 1. The first-order valence-corrected chi connectivity index (χ1v) is 6.21. The lowest BCUT2D eigenvalue weighted by atomic mass is 10.1. The number of rotatable bonds is 4. The van der Waals surface area contributed by atoms with Crippen LogP contribution in [0.2, 0.25) is 0 Å². The lowest BCUT2D eigenvalue weighted by Gasteiger charge is -2.09. The number of non-ortho nitro benzene ring substituents is 1. The van der Waals surface area contributed by atoms with E-state index in [1.807, 2.05) is 13.0 Å². The van der Waals surface area contributed by atoms with Crippen LogP contribution in [-0.4, -0.2) is 22.9 Å². The zero-order valence-electron chi connectivity index (χ0n) is 11.6. The number of hydrogen-bond acceptors (Lipinski definition) is 5. The van der Waals surface area contributed by atoms with Crippen LogP contribution in [0.1, 0.15) is 15.9 Å². The number of nitrogens with one attached hydrogen (secondary N) is 2. The van der Waals surface area contributed by atoms with Crippen LogP contribution >= 0.6 is 0 Å². The Hall–Kier alpha value is -2.96. The zero-order chi connectivity index (χ0) is 15.4. The van der Waals surface area contributed by atoms with E-state index < -0.39 is 10.8 Å². The summed E-state index contributed by atoms with van der Waals surface area (Å²) in [6, 6.07) is 7.55. The van der Waals surface area contributed by atoms with Crippen molar-refractivity contribution >= 4 is 23.1 Å². The molecule has 1 amide bonds. The number of nitrogens with zero attached hydrogens (tertiary/aromatic N) is 2. The highest BCUT2D eigenvalue weighted by Gasteiger charge is 2.16. The van der Waals surface area contributed by atoms with Crippen LogP contribution < -0.4 is 10.6 Å². The molecule has 0 aliphatic heterocycles. The molecular weight excluding hydrogens is 272 g/mol. The fourth-order valence-corrected chi connectivity index (χ4v) is 1.78. The van der Waals surface area contributed by atoms with Crippen LogP contribution in [0.15, 0.2) is 36.5 Å². The average molecular weight is 286 g/mol. The summed E-state index contributed by atoms with van der Waals surface area (Å²) in [5, 5.41) is 16.3. The molecule has 1 aromatic heterocycles. The van der Waals surface area contributed by atoms with E-state index in [1.165, 1.54) is 18.2 Å². The number of pyridine rings is 1. The molecule has 0 saturated heterocycles. The van der Waals surface area contributed by atoms with Crippen LogP contribution in [0, 0.1) is 17.0 Å². The van der Waals surface area contributed by atoms with Gasteiger partial charge in [-0.1, -0.05) is 6.07 Å². The smallest absolute Gasteiger partial charge is 0.270 e. The minimum atomic E-state index is -0.541. The third kappa shape index (κ3) is 3.33. The van der Waals surface area contributed by atoms with Crippen molar-refractivity contribution in [3.05, 3.63) is 57.8 Å². The zero-order valence-corrected chi connectivity index (χ0v) is 11.6. The topological polar surface area (TPSA) is 97.2 Å². The molecule has 0 spiro atoms. The fourth-order valence-electron chi connectivity index (χ4n) is 1.78. The summed E-state index contributed by atoms with van der Waals surface area (Å²) in [5.74, 6) is -0.0708. The standard InChI is InChI=1S/C14H14N4O3/c1-9-3-6-13(16-8-9)17-14(19)11-7-10(18(20)21)4-5-12(11)15-2/h3-8,15H,1-2H3,(H,16,17,19). The predicted octanol–water partition coefficient (Wildman–Crippen LogP) is 2.59. The van der Waals surface area contributed by atoms with E-state index in [0.717, 1.165) is 5.56 Å². The van der Waals surface area contributed by atoms with Gasteiger partial charge in [0.2, 0.25) is 0 Å². The van der Waals surface area contributed by atoms with Gasteiger partial charge >= 0.3 is 0 Å². The Labute approximate surface area is 121 Å². The van der Waals surface area contributed by atoms with Crippen molar-refractivity contribution < 1.29 is 9.72 Å². The molecule has 0 radical (unpaired) electrons. The molecule has 2 N–H and O–H groups in total. The molecule has 0 atom stereocenters. The van der Waals surface area contributed by atoms with Gasteiger partial charge in [0, 0.05) is 31.1 Å². The first kappa shape index (κ1) is 14.4. The summed E-state index contributed by atoms with van der Waals surface area (Å²) < 4.78 is 0. The van der Waals surface area contributed by atoms with Crippen LogP contribution in [0.4, 0.5) is 17.2 Å². The second kappa shape index (κ2) is 6.00. The number of amides is 1. The Kier molecular flexibility index (Phi) is 4.13. The monoisotopic (exact) mass is 286 g/mol. The van der Waals surface area contributed by atoms with Gasteiger partial charge in [-0.2, -0.15) is 0 Å². The molecular formula is C14H14N4O3. The summed E-state index contributed by atoms with van der Waals surface area (Å²) >= 11 is 0. The van der Waals surface area contributed by atoms with Gasteiger partial charge in [-0.05, 0) is 24.6 Å². The number of aromatic nitrogens is 1. The predicted molar refractivity (Wildman–Crippen MR) is 79.6 cm³/mol. The Morgan fingerprint density at radius 3 is 2.62 bits per heavy atom. The van der Waals surface area contributed by atoms with Crippen LogP contribution in [-0.2, 0) is 0 Å². The lowest BCUT2D eigenvalue weighted by molar-refractivity contribution is -0.384. The molecule has 108 valence electrons. The summed E-state index contributed by atoms with van der Waals surface area (Å²) in [7, 11) is 1.64. The fraction of sp³-hybridized carbons (Fsp3) is 0.143. The maximum Gasteiger partial charge on any atom is 0.270 e. The molecule has 2 rings (SSSR count). The molecule has 0 saturated carbocycles. The van der Waals surface area contributed by atoms with Crippen molar-refractivity contribution in [2.24, 2.45) is 0 Å². The maximum absolute atomic E-state index is 12.2. The Morgan fingerprint density at radius 2 is 2.05 bits per heavy atom. The van der Waals surface area contributed by atoms with E-state index >= 15 is 0 Å². The number of carbonyl (C=O) groups is 1. The molecule has 0 fully saturated rings. The third-order valence-electron chi connectivity index (χ3n) is 2.88. The van der Waals surface area contributed by atoms with Crippen molar-refractivity contribution in [1.82, 2.24) is 4.98 Å². The summed E-state index contributed by atoms with van der Waals surface area (Å²) in [4.78, 5) is 26.6. The summed E-state index contributed by atoms with van der Waals surface area (Å²) in [5.41, 5.74) is 1.52. The van der Waals surface area contributed by atoms with Gasteiger partial charge in [-0.25, -0.2) is 4.98 Å². The van der Waals surface area contributed by atoms with Crippen molar-refractivity contribution in [2.75, 3.05) is 17.7 Å². The largest absolute Gasteiger partial charge is 0.387 e. The summed E-state index contributed by atoms with van der Waals surface area (Å²) in [6.45, 7) is 1.89. The quantitative estimate of drug-likeness (QED) is 0.665. The Bertz CT molecular complexity index is 683. The third-order valence-corrected chi connectivity index (χ3v) is 2.88. The number of carbonyl (C=O) groups excluding carboxylic acids is 1. The number of benzene rings is 1. The number of aryl methyl sites for hydroxylation is 1. The van der Waals surface area contributed by atoms with Crippen molar-refractivity contribution in [3.63, 3.8) is 0 Å². The number of hydrogen-bond donors (Lipinski definition) is 2. The van der Waals surface area contributed by atoms with Gasteiger partial charge in [0.15, 0.2) is 0 Å². The average Bonchev–Trinajstić information content (AvgIpc) is 2.48. The highest BCUT2D eigenvalue weighted by Crippen LogP contribution is 2.22. The van der Waals surface area contributed by atoms with Crippen molar-refractivity contribution in [3.8, 4) is 0 Å². The van der Waals surface area contributed by atoms with E-state index in [-0.39, 0.29) is 11.3 Å². The van der Waals surface area contributed by atoms with Gasteiger partial charge in [0.25, 0.3) is 11.6 Å². The Morgan fingerprint density at radius 1 is 1.29 bits per heavy atom. The van der Waals surface area contributed by atoms with E-state index in [2.05, 4.69) is 15.6 Å². The first-order chi connectivity index (χ1) is 10.0. The van der Waals surface area contributed by atoms with Crippen molar-refractivity contribution in [2.45, 2.75) is 6.92 Å². The maximum atomic E-state index is 12.2. The van der Waals surface area contributed by atoms with E-state index in [0.29, 0.717) is 11.5 Å². The van der Waals surface area contributed by atoms with Crippen LogP contribution in [0.3, 0.4) is 0 Å². The van der Waals surface area contributed by atoms with Gasteiger partial charge in [-0.15, -0.1) is 0 Å². The summed E-state index contributed by atoms with van der Waals surface area (Å²) in [6.07, 6.45) is 1.63. The lowest BCUT2D eigenvalue weighted by Crippen LogP contribution is -2.15. The first-order valence-electron chi connectivity index (χ1n) is 6.21. The van der Waals surface area contributed by atoms with E-state index in [1.54, 1.807) is 19.3 Å². The van der Waals surface area contributed by atoms with Gasteiger partial charge < -0.3 is 10.6 Å². The number of nitro benzene ring substituents is 1. The van der Waals surface area contributed by atoms with E-state index in [9.17, 15) is 14.9 Å². The molecule has 0 unspecified atom stereocenters. The second-order valence-electron chi connectivity index (χ2n) is 4.41. The molecule has 1 heterocycles. The van der Waals surface area contributed by atoms with Crippen LogP contribution in [0.25, 0.3) is 0 Å². The van der Waals surface area contributed by atoms with Crippen LogP contribution in [0.5, 0.6) is 0 Å². The molecule has 7 nitrogen and oxygen atoms in total. The molecule has 2 aromatic rings. The molecule has 1 aromatic carbocycles. The molecule has 0 aliphatic carbocycles. The SMILES string of the molecule is CNc1ccc([N+](=O)[O-])cc1C(=O)Nc1ccc(C)cn1. The highest BCUT2D eigenvalue weighted by atomic mass is 16.6. The number of anilines is 2. The molecule has 0 bridgehead atoms. The Balaban J connectivity index is 2.30. The second-order valence-corrected chi connectivity index (χ2v) is 4.41. The minimum absolute atomic E-state index is 0.143. The molecule has 21 heavy (non-hydrogen) atoms. The van der Waals surface area contributed by atoms with Crippen molar-refractivity contribution in [1.29, 1.82) is 0 Å². The highest BCUT2D eigenvalue weighted by molar-refractivity contribution is 6.08. The van der Waals surface area contributed by atoms with E-state index in [4.69, 9.17) is 0 Å².